The zero-order valence-corrected chi connectivity index (χ0v) is 14.5. The molecule has 22 heavy (non-hydrogen) atoms. The third-order valence-electron chi connectivity index (χ3n) is 3.28. The van der Waals surface area contributed by atoms with Gasteiger partial charge in [-0.05, 0) is 21.0 Å². The van der Waals surface area contributed by atoms with E-state index < -0.39 is 0 Å². The van der Waals surface area contributed by atoms with Crippen LogP contribution in [0.1, 0.15) is 11.1 Å². The van der Waals surface area contributed by atoms with Gasteiger partial charge in [-0.3, -0.25) is 0 Å². The molecule has 0 fully saturated rings. The van der Waals surface area contributed by atoms with E-state index in [0.717, 1.165) is 6.54 Å². The summed E-state index contributed by atoms with van der Waals surface area (Å²) < 4.78 is 0. The molecule has 0 aliphatic carbocycles. The van der Waals surface area contributed by atoms with Crippen LogP contribution < -0.4 is 0 Å². The third-order valence-corrected chi connectivity index (χ3v) is 3.28. The molecule has 0 saturated heterocycles. The number of nitrogens with zero attached hydrogens (tertiary/aromatic N) is 1. The molecular formula is C20H23FeN-6. The second-order valence-electron chi connectivity index (χ2n) is 5.57. The molecule has 3 rings (SSSR count). The van der Waals surface area contributed by atoms with E-state index in [1.54, 1.807) is 0 Å². The average molecular weight is 333 g/mol. The molecule has 0 aliphatic heterocycles. The van der Waals surface area contributed by atoms with Crippen molar-refractivity contribution in [2.45, 2.75) is 13.5 Å². The molecular weight excluding hydrogens is 310 g/mol. The summed E-state index contributed by atoms with van der Waals surface area (Å²) in [5.41, 5.74) is 5.30. The normalized spacial score (nSPS) is 9.82. The molecule has 0 amide bonds. The molecule has 3 aromatic carbocycles. The van der Waals surface area contributed by atoms with Crippen molar-refractivity contribution in [1.29, 1.82) is 0 Å². The van der Waals surface area contributed by atoms with Crippen molar-refractivity contribution in [1.82, 2.24) is 4.90 Å². The fraction of sp³-hybridized carbons (Fsp3) is 0.200. The summed E-state index contributed by atoms with van der Waals surface area (Å²) in [6.45, 7) is 3.15. The quantitative estimate of drug-likeness (QED) is 0.489. The molecule has 3 aromatic rings. The largest absolute Gasteiger partial charge is 0.748 e. The van der Waals surface area contributed by atoms with Crippen molar-refractivity contribution in [2.24, 2.45) is 0 Å². The van der Waals surface area contributed by atoms with Gasteiger partial charge in [0.05, 0.1) is 0 Å². The summed E-state index contributed by atoms with van der Waals surface area (Å²) in [4.78, 5) is 2.16. The van der Waals surface area contributed by atoms with E-state index in [-0.39, 0.29) is 17.1 Å². The molecule has 0 aliphatic rings. The minimum Gasteiger partial charge on any atom is -0.748 e. The number of hydrogen-bond acceptors (Lipinski definition) is 1. The standard InChI is InChI=1S/C12H11.C8H12N.Fe/c1-10-6-8-12(9-7-10)11-4-2-3-5-11;1-9(2)7-8-5-3-4-6-8;/h2-9H,1H3;3-6H,7H2,1-2H3;/q-1;-5;. The second-order valence-corrected chi connectivity index (χ2v) is 5.57. The molecule has 0 saturated carbocycles. The van der Waals surface area contributed by atoms with Gasteiger partial charge in [-0.15, -0.1) is 29.8 Å². The second kappa shape index (κ2) is 9.42. The van der Waals surface area contributed by atoms with E-state index in [0.29, 0.717) is 0 Å². The zero-order valence-electron chi connectivity index (χ0n) is 13.4. The smallest absolute Gasteiger partial charge is 0 e. The molecule has 0 N–H and O–H groups in total. The molecule has 0 radical (unpaired) electrons. The van der Waals surface area contributed by atoms with Crippen molar-refractivity contribution in [3.63, 3.8) is 0 Å². The summed E-state index contributed by atoms with van der Waals surface area (Å²) in [5.74, 6) is 0. The van der Waals surface area contributed by atoms with Gasteiger partial charge in [-0.2, -0.15) is 18.7 Å². The van der Waals surface area contributed by atoms with Crippen LogP contribution >= 0.6 is 0 Å². The number of aryl methyl sites for hydroxylation is 1. The van der Waals surface area contributed by atoms with Crippen LogP contribution in [0, 0.1) is 6.92 Å². The van der Waals surface area contributed by atoms with Crippen LogP contribution in [0.3, 0.4) is 0 Å². The van der Waals surface area contributed by atoms with Crippen LogP contribution in [0.5, 0.6) is 0 Å². The van der Waals surface area contributed by atoms with Crippen molar-refractivity contribution in [3.8, 4) is 11.1 Å². The van der Waals surface area contributed by atoms with Crippen LogP contribution in [0.2, 0.25) is 0 Å². The van der Waals surface area contributed by atoms with Gasteiger partial charge in [-0.1, -0.05) is 23.3 Å². The van der Waals surface area contributed by atoms with E-state index >= 15 is 0 Å². The maximum Gasteiger partial charge on any atom is 0 e. The van der Waals surface area contributed by atoms with Gasteiger partial charge in [-0.25, -0.2) is 0 Å². The van der Waals surface area contributed by atoms with Gasteiger partial charge in [0.1, 0.15) is 0 Å². The predicted octanol–water partition coefficient (Wildman–Crippen LogP) is 4.85. The summed E-state index contributed by atoms with van der Waals surface area (Å²) in [5, 5.41) is 0. The van der Waals surface area contributed by atoms with E-state index in [1.165, 1.54) is 22.3 Å². The van der Waals surface area contributed by atoms with Crippen LogP contribution in [0.15, 0.2) is 72.8 Å². The maximum atomic E-state index is 2.16. The van der Waals surface area contributed by atoms with E-state index in [1.807, 2.05) is 0 Å². The van der Waals surface area contributed by atoms with Crippen molar-refractivity contribution < 1.29 is 17.1 Å². The Morgan fingerprint density at radius 1 is 0.955 bits per heavy atom. The fourth-order valence-electron chi connectivity index (χ4n) is 2.20. The molecule has 0 heterocycles. The Bertz CT molecular complexity index is 604. The molecule has 122 valence electrons. The Hall–Kier alpha value is -1.60. The van der Waals surface area contributed by atoms with Gasteiger partial charge in [0.25, 0.3) is 0 Å². The van der Waals surface area contributed by atoms with Gasteiger partial charge < -0.3 is 34.7 Å². The van der Waals surface area contributed by atoms with Crippen LogP contribution in [0.4, 0.5) is 0 Å². The molecule has 0 bridgehead atoms. The topological polar surface area (TPSA) is 3.24 Å². The summed E-state index contributed by atoms with van der Waals surface area (Å²) >= 11 is 0. The third kappa shape index (κ3) is 6.03. The zero-order chi connectivity index (χ0) is 15.1. The molecule has 0 atom stereocenters. The maximum absolute atomic E-state index is 2.16. The first-order valence-corrected chi connectivity index (χ1v) is 7.29. The van der Waals surface area contributed by atoms with Crippen LogP contribution in [-0.4, -0.2) is 19.0 Å². The average Bonchev–Trinajstić information content (AvgIpc) is 3.12. The monoisotopic (exact) mass is 333 g/mol. The molecule has 0 spiro atoms. The van der Waals surface area contributed by atoms with Crippen molar-refractivity contribution in [2.75, 3.05) is 14.1 Å². The number of hydrogen-bond donors (Lipinski definition) is 0. The Morgan fingerprint density at radius 2 is 1.50 bits per heavy atom. The van der Waals surface area contributed by atoms with E-state index in [2.05, 4.69) is 98.7 Å². The van der Waals surface area contributed by atoms with Crippen molar-refractivity contribution in [3.05, 3.63) is 83.9 Å². The van der Waals surface area contributed by atoms with Gasteiger partial charge in [0.2, 0.25) is 0 Å². The van der Waals surface area contributed by atoms with Gasteiger partial charge in [0.15, 0.2) is 0 Å². The molecule has 2 heteroatoms. The number of rotatable bonds is 3. The molecule has 0 aromatic heterocycles. The summed E-state index contributed by atoms with van der Waals surface area (Å²) in [6.07, 6.45) is 0. The van der Waals surface area contributed by atoms with E-state index in [4.69, 9.17) is 0 Å². The fourth-order valence-corrected chi connectivity index (χ4v) is 2.20. The first-order valence-electron chi connectivity index (χ1n) is 7.29. The molecule has 1 nitrogen and oxygen atoms in total. The van der Waals surface area contributed by atoms with E-state index in [9.17, 15) is 0 Å². The Balaban J connectivity index is 0.000000219. The predicted molar refractivity (Wildman–Crippen MR) is 91.6 cm³/mol. The Labute approximate surface area is 144 Å². The SMILES string of the molecule is CN(C)C[c-]1[cH-][cH-][cH-][cH-]1.Cc1ccc(-[c-]2cccc2)cc1.[Fe]. The van der Waals surface area contributed by atoms with Gasteiger partial charge in [0, 0.05) is 17.1 Å². The summed E-state index contributed by atoms with van der Waals surface area (Å²) in [7, 11) is 4.15. The number of benzene rings is 1. The van der Waals surface area contributed by atoms with Gasteiger partial charge >= 0.3 is 0 Å². The minimum absolute atomic E-state index is 0. The van der Waals surface area contributed by atoms with Crippen LogP contribution in [0.25, 0.3) is 11.1 Å². The first kappa shape index (κ1) is 18.4. The Morgan fingerprint density at radius 3 is 2.00 bits per heavy atom. The molecule has 0 unspecified atom stereocenters. The van der Waals surface area contributed by atoms with Crippen LogP contribution in [-0.2, 0) is 23.6 Å². The first-order chi connectivity index (χ1) is 10.1. The van der Waals surface area contributed by atoms with Crippen molar-refractivity contribution >= 4 is 0 Å². The Kier molecular flexibility index (Phi) is 7.90. The minimum atomic E-state index is 0. The summed E-state index contributed by atoms with van der Waals surface area (Å²) in [6, 6.07) is 25.4.